The molecule has 9 heteroatoms. The number of hydrazone groups is 1. The zero-order valence-electron chi connectivity index (χ0n) is 13.7. The first-order chi connectivity index (χ1) is 13.0. The molecule has 27 heavy (non-hydrogen) atoms. The number of carbonyl (C=O) groups excluding carboxylic acids is 2. The van der Waals surface area contributed by atoms with Crippen LogP contribution < -0.4 is 10.7 Å². The van der Waals surface area contributed by atoms with Crippen LogP contribution in [-0.4, -0.2) is 29.7 Å². The third-order valence-corrected chi connectivity index (χ3v) is 5.44. The van der Waals surface area contributed by atoms with Gasteiger partial charge in [-0.3, -0.25) is 9.59 Å². The lowest BCUT2D eigenvalue weighted by molar-refractivity contribution is -0.120. The fraction of sp³-hybridized carbons (Fsp3) is 0.0556. The zero-order chi connectivity index (χ0) is 19.4. The van der Waals surface area contributed by atoms with Crippen molar-refractivity contribution in [2.24, 2.45) is 5.10 Å². The molecule has 0 fully saturated rings. The largest absolute Gasteiger partial charge is 0.507 e. The van der Waals surface area contributed by atoms with Crippen LogP contribution in [0, 0.1) is 0 Å². The number of thiophene rings is 1. The maximum absolute atomic E-state index is 12.3. The average molecular weight is 422 g/mol. The van der Waals surface area contributed by atoms with Crippen molar-refractivity contribution in [3.05, 3.63) is 63.0 Å². The second-order valence-electron chi connectivity index (χ2n) is 5.42. The lowest BCUT2D eigenvalue weighted by Crippen LogP contribution is -2.34. The second kappa shape index (κ2) is 8.39. The Kier molecular flexibility index (Phi) is 5.95. The van der Waals surface area contributed by atoms with Crippen molar-refractivity contribution in [3.63, 3.8) is 0 Å². The highest BCUT2D eigenvalue weighted by atomic mass is 35.5. The van der Waals surface area contributed by atoms with Crippen molar-refractivity contribution in [2.45, 2.75) is 0 Å². The third-order valence-electron chi connectivity index (χ3n) is 3.53. The van der Waals surface area contributed by atoms with Gasteiger partial charge in [0.15, 0.2) is 0 Å². The molecule has 3 N–H and O–H groups in total. The van der Waals surface area contributed by atoms with Gasteiger partial charge in [0.2, 0.25) is 0 Å². The average Bonchev–Trinajstić information content (AvgIpc) is 3.00. The molecule has 138 valence electrons. The number of nitrogens with one attached hydrogen (secondary N) is 2. The van der Waals surface area contributed by atoms with E-state index in [1.807, 2.05) is 24.3 Å². The molecule has 6 nitrogen and oxygen atoms in total. The second-order valence-corrected chi connectivity index (χ2v) is 7.29. The van der Waals surface area contributed by atoms with E-state index in [4.69, 9.17) is 23.2 Å². The van der Waals surface area contributed by atoms with Crippen LogP contribution in [0.3, 0.4) is 0 Å². The molecule has 0 saturated heterocycles. The molecule has 0 radical (unpaired) electrons. The normalized spacial score (nSPS) is 11.0. The molecule has 0 aliphatic rings. The molecule has 3 aromatic rings. The van der Waals surface area contributed by atoms with Gasteiger partial charge in [-0.2, -0.15) is 5.10 Å². The molecule has 0 atom stereocenters. The summed E-state index contributed by atoms with van der Waals surface area (Å²) in [6.07, 6.45) is 1.25. The van der Waals surface area contributed by atoms with Gasteiger partial charge < -0.3 is 10.4 Å². The molecule has 3 rings (SSSR count). The number of halogens is 2. The Morgan fingerprint density at radius 3 is 2.74 bits per heavy atom. The highest BCUT2D eigenvalue weighted by Crippen LogP contribution is 2.34. The van der Waals surface area contributed by atoms with Gasteiger partial charge in [0.1, 0.15) is 10.6 Å². The minimum Gasteiger partial charge on any atom is -0.507 e. The number of carbonyl (C=O) groups is 2. The first-order valence-corrected chi connectivity index (χ1v) is 9.28. The van der Waals surface area contributed by atoms with E-state index >= 15 is 0 Å². The predicted molar refractivity (Wildman–Crippen MR) is 108 cm³/mol. The first kappa shape index (κ1) is 19.2. The highest BCUT2D eigenvalue weighted by molar-refractivity contribution is 7.21. The lowest BCUT2D eigenvalue weighted by atomic mass is 10.2. The molecule has 0 spiro atoms. The van der Waals surface area contributed by atoms with Crippen LogP contribution in [-0.2, 0) is 4.79 Å². The summed E-state index contributed by atoms with van der Waals surface area (Å²) in [5.41, 5.74) is 2.61. The van der Waals surface area contributed by atoms with Crippen molar-refractivity contribution in [2.75, 3.05) is 6.54 Å². The van der Waals surface area contributed by atoms with Crippen molar-refractivity contribution in [1.29, 1.82) is 0 Å². The molecular formula is C18H13Cl2N3O3S. The van der Waals surface area contributed by atoms with E-state index in [-0.39, 0.29) is 12.3 Å². The van der Waals surface area contributed by atoms with Crippen LogP contribution in [0.15, 0.2) is 47.6 Å². The maximum Gasteiger partial charge on any atom is 0.263 e. The summed E-state index contributed by atoms with van der Waals surface area (Å²) < 4.78 is 0.892. The van der Waals surface area contributed by atoms with E-state index in [2.05, 4.69) is 15.8 Å². The highest BCUT2D eigenvalue weighted by Gasteiger charge is 2.17. The van der Waals surface area contributed by atoms with Gasteiger partial charge in [-0.25, -0.2) is 5.43 Å². The van der Waals surface area contributed by atoms with Crippen LogP contribution >= 0.6 is 34.5 Å². The van der Waals surface area contributed by atoms with E-state index in [0.29, 0.717) is 20.5 Å². The van der Waals surface area contributed by atoms with E-state index in [1.54, 1.807) is 0 Å². The number of nitrogens with zero attached hydrogens (tertiary/aromatic N) is 1. The zero-order valence-corrected chi connectivity index (χ0v) is 16.0. The molecule has 0 aliphatic carbocycles. The predicted octanol–water partition coefficient (Wildman–Crippen LogP) is 3.79. The number of rotatable bonds is 5. The van der Waals surface area contributed by atoms with Gasteiger partial charge in [0.25, 0.3) is 11.8 Å². The fourth-order valence-electron chi connectivity index (χ4n) is 2.24. The number of hydrogen-bond acceptors (Lipinski definition) is 5. The molecule has 1 heterocycles. The van der Waals surface area contributed by atoms with Gasteiger partial charge in [-0.1, -0.05) is 41.4 Å². The molecule has 0 bridgehead atoms. The van der Waals surface area contributed by atoms with Crippen LogP contribution in [0.5, 0.6) is 5.75 Å². The van der Waals surface area contributed by atoms with Crippen LogP contribution in [0.1, 0.15) is 15.2 Å². The summed E-state index contributed by atoms with van der Waals surface area (Å²) in [4.78, 5) is 24.4. The molecule has 1 aromatic heterocycles. The standard InChI is InChI=1S/C18H13Cl2N3O3S/c19-11-5-6-13(24)10(7-11)8-22-23-15(25)9-21-18(26)17-16(20)12-3-1-2-4-14(12)27-17/h1-8,24H,9H2,(H,21,26)(H,23,25)/b22-8-. The Balaban J connectivity index is 1.57. The number of fused-ring (bicyclic) bond motifs is 1. The summed E-state index contributed by atoms with van der Waals surface area (Å²) in [6, 6.07) is 11.8. The maximum atomic E-state index is 12.3. The van der Waals surface area contributed by atoms with Gasteiger partial charge in [0, 0.05) is 20.7 Å². The quantitative estimate of drug-likeness (QED) is 0.432. The van der Waals surface area contributed by atoms with Crippen molar-refractivity contribution in [3.8, 4) is 5.75 Å². The van der Waals surface area contributed by atoms with Crippen LogP contribution in [0.4, 0.5) is 0 Å². The minimum absolute atomic E-state index is 0.0231. The Labute approximate surface area is 168 Å². The van der Waals surface area contributed by atoms with E-state index in [1.165, 1.54) is 35.8 Å². The van der Waals surface area contributed by atoms with Crippen molar-refractivity contribution in [1.82, 2.24) is 10.7 Å². The molecular weight excluding hydrogens is 409 g/mol. The summed E-state index contributed by atoms with van der Waals surface area (Å²) >= 11 is 13.3. The molecule has 0 unspecified atom stereocenters. The Hall–Kier alpha value is -2.61. The number of amides is 2. The topological polar surface area (TPSA) is 90.8 Å². The number of phenolic OH excluding ortho intramolecular Hbond substituents is 1. The number of hydrogen-bond donors (Lipinski definition) is 3. The van der Waals surface area contributed by atoms with Crippen LogP contribution in [0.25, 0.3) is 10.1 Å². The van der Waals surface area contributed by atoms with E-state index in [9.17, 15) is 14.7 Å². The SMILES string of the molecule is O=C(CNC(=O)c1sc2ccccc2c1Cl)N/N=C\c1cc(Cl)ccc1O. The monoisotopic (exact) mass is 421 g/mol. The summed E-state index contributed by atoms with van der Waals surface area (Å²) in [5.74, 6) is -0.990. The fourth-order valence-corrected chi connectivity index (χ4v) is 3.86. The van der Waals surface area contributed by atoms with Crippen molar-refractivity contribution < 1.29 is 14.7 Å². The summed E-state index contributed by atoms with van der Waals surface area (Å²) in [5, 5.41) is 17.5. The van der Waals surface area contributed by atoms with Gasteiger partial charge in [-0.05, 0) is 24.3 Å². The third kappa shape index (κ3) is 4.57. The van der Waals surface area contributed by atoms with Gasteiger partial charge in [0.05, 0.1) is 17.8 Å². The van der Waals surface area contributed by atoms with Crippen LogP contribution in [0.2, 0.25) is 10.0 Å². The lowest BCUT2D eigenvalue weighted by Gasteiger charge is -2.03. The summed E-state index contributed by atoms with van der Waals surface area (Å²) in [7, 11) is 0. The molecule has 0 saturated carbocycles. The van der Waals surface area contributed by atoms with E-state index in [0.717, 1.165) is 10.1 Å². The smallest absolute Gasteiger partial charge is 0.263 e. The Morgan fingerprint density at radius 1 is 1.19 bits per heavy atom. The van der Waals surface area contributed by atoms with E-state index < -0.39 is 11.8 Å². The number of benzene rings is 2. The molecule has 0 aliphatic heterocycles. The first-order valence-electron chi connectivity index (χ1n) is 7.71. The molecule has 2 amide bonds. The molecule has 2 aromatic carbocycles. The van der Waals surface area contributed by atoms with Crippen molar-refractivity contribution >= 4 is 62.7 Å². The van der Waals surface area contributed by atoms with Gasteiger partial charge in [-0.15, -0.1) is 11.3 Å². The number of aromatic hydroxyl groups is 1. The van der Waals surface area contributed by atoms with Gasteiger partial charge >= 0.3 is 0 Å². The Morgan fingerprint density at radius 2 is 1.96 bits per heavy atom. The minimum atomic E-state index is -0.529. The Bertz CT molecular complexity index is 1050. The number of phenols is 1. The summed E-state index contributed by atoms with van der Waals surface area (Å²) in [6.45, 7) is -0.276.